The molecule has 1 aliphatic rings. The van der Waals surface area contributed by atoms with Crippen LogP contribution in [0, 0.1) is 0 Å². The summed E-state index contributed by atoms with van der Waals surface area (Å²) in [5.74, 6) is 2.12. The van der Waals surface area contributed by atoms with Crippen molar-refractivity contribution in [2.24, 2.45) is 0 Å². The molecular weight excluding hydrogens is 388 g/mol. The number of methoxy groups -OCH3 is 2. The second-order valence-electron chi connectivity index (χ2n) is 7.88. The van der Waals surface area contributed by atoms with Crippen molar-refractivity contribution in [2.45, 2.75) is 18.8 Å². The summed E-state index contributed by atoms with van der Waals surface area (Å²) >= 11 is 0. The summed E-state index contributed by atoms with van der Waals surface area (Å²) in [4.78, 5) is 7.11. The van der Waals surface area contributed by atoms with Crippen molar-refractivity contribution in [3.63, 3.8) is 0 Å². The van der Waals surface area contributed by atoms with Crippen molar-refractivity contribution >= 4 is 11.3 Å². The minimum absolute atomic E-state index is 0.393. The van der Waals surface area contributed by atoms with Gasteiger partial charge in [-0.15, -0.1) is 0 Å². The van der Waals surface area contributed by atoms with Gasteiger partial charge >= 0.3 is 0 Å². The number of ether oxygens (including phenoxy) is 2. The Bertz CT molecular complexity index is 1170. The van der Waals surface area contributed by atoms with Crippen molar-refractivity contribution in [3.05, 3.63) is 72.7 Å². The summed E-state index contributed by atoms with van der Waals surface area (Å²) in [7, 11) is 3.38. The van der Waals surface area contributed by atoms with Gasteiger partial charge in [-0.2, -0.15) is 5.10 Å². The van der Waals surface area contributed by atoms with Crippen LogP contribution in [-0.4, -0.2) is 41.9 Å². The maximum absolute atomic E-state index is 5.30. The van der Waals surface area contributed by atoms with Gasteiger partial charge in [-0.3, -0.25) is 0 Å². The van der Waals surface area contributed by atoms with Crippen molar-refractivity contribution in [1.82, 2.24) is 14.6 Å². The first-order valence-electron chi connectivity index (χ1n) is 10.6. The van der Waals surface area contributed by atoms with Crippen LogP contribution in [0.15, 0.2) is 67.0 Å². The van der Waals surface area contributed by atoms with E-state index in [1.165, 1.54) is 11.4 Å². The lowest BCUT2D eigenvalue weighted by molar-refractivity contribution is 0.414. The molecule has 0 bridgehead atoms. The van der Waals surface area contributed by atoms with E-state index in [0.29, 0.717) is 5.92 Å². The van der Waals surface area contributed by atoms with Gasteiger partial charge in [0.2, 0.25) is 0 Å². The zero-order valence-corrected chi connectivity index (χ0v) is 17.9. The summed E-state index contributed by atoms with van der Waals surface area (Å²) in [6.45, 7) is 2.02. The molecule has 6 nitrogen and oxygen atoms in total. The van der Waals surface area contributed by atoms with Gasteiger partial charge in [-0.1, -0.05) is 12.1 Å². The molecule has 1 aliphatic heterocycles. The molecule has 0 amide bonds. The van der Waals surface area contributed by atoms with Crippen molar-refractivity contribution in [1.29, 1.82) is 0 Å². The number of anilines is 1. The third kappa shape index (κ3) is 3.69. The van der Waals surface area contributed by atoms with Crippen LogP contribution in [-0.2, 0) is 0 Å². The molecule has 4 aromatic rings. The van der Waals surface area contributed by atoms with Gasteiger partial charge < -0.3 is 14.4 Å². The lowest BCUT2D eigenvalue weighted by Crippen LogP contribution is -2.35. The van der Waals surface area contributed by atoms with Crippen LogP contribution in [0.1, 0.15) is 24.5 Å². The van der Waals surface area contributed by atoms with Gasteiger partial charge in [0.25, 0.3) is 0 Å². The van der Waals surface area contributed by atoms with E-state index in [1.54, 1.807) is 14.2 Å². The normalized spacial score (nSPS) is 16.5. The van der Waals surface area contributed by atoms with Gasteiger partial charge in [-0.05, 0) is 60.9 Å². The average Bonchev–Trinajstić information content (AvgIpc) is 3.28. The molecule has 0 radical (unpaired) electrons. The first-order valence-corrected chi connectivity index (χ1v) is 10.6. The molecule has 31 heavy (non-hydrogen) atoms. The van der Waals surface area contributed by atoms with Crippen LogP contribution < -0.4 is 14.4 Å². The number of hydrogen-bond donors (Lipinski definition) is 0. The molecule has 1 saturated heterocycles. The number of piperidine rings is 1. The highest BCUT2D eigenvalue weighted by molar-refractivity contribution is 5.77. The summed E-state index contributed by atoms with van der Waals surface area (Å²) in [6, 6.07) is 18.5. The molecule has 2 aromatic carbocycles. The van der Waals surface area contributed by atoms with Crippen LogP contribution in [0.25, 0.3) is 16.8 Å². The predicted molar refractivity (Wildman–Crippen MR) is 122 cm³/mol. The number of aromatic nitrogens is 3. The van der Waals surface area contributed by atoms with E-state index in [0.717, 1.165) is 54.2 Å². The monoisotopic (exact) mass is 414 g/mol. The van der Waals surface area contributed by atoms with Crippen molar-refractivity contribution in [2.75, 3.05) is 32.2 Å². The number of rotatable bonds is 5. The molecule has 1 unspecified atom stereocenters. The van der Waals surface area contributed by atoms with E-state index >= 15 is 0 Å². The minimum atomic E-state index is 0.393. The van der Waals surface area contributed by atoms with E-state index < -0.39 is 0 Å². The van der Waals surface area contributed by atoms with Crippen molar-refractivity contribution in [3.8, 4) is 22.6 Å². The molecule has 0 aliphatic carbocycles. The molecule has 0 saturated carbocycles. The maximum atomic E-state index is 5.30. The Hall–Kier alpha value is -3.54. The van der Waals surface area contributed by atoms with Crippen LogP contribution >= 0.6 is 0 Å². The zero-order chi connectivity index (χ0) is 21.2. The van der Waals surface area contributed by atoms with E-state index in [4.69, 9.17) is 14.6 Å². The highest BCUT2D eigenvalue weighted by atomic mass is 16.5. The number of benzene rings is 2. The quantitative estimate of drug-likeness (QED) is 0.470. The summed E-state index contributed by atoms with van der Waals surface area (Å²) < 4.78 is 12.6. The lowest BCUT2D eigenvalue weighted by atomic mass is 9.94. The third-order valence-electron chi connectivity index (χ3n) is 6.11. The van der Waals surface area contributed by atoms with Crippen LogP contribution in [0.4, 0.5) is 5.69 Å². The fraction of sp³-hybridized carbons (Fsp3) is 0.280. The first-order chi connectivity index (χ1) is 15.3. The standard InChI is InChI=1S/C25H26N4O2/c1-30-21-9-5-18(6-10-21)23-16-27-29-24(13-14-26-25(23)29)19-4-3-15-28(17-19)20-7-11-22(31-2)12-8-20/h5-14,16,19H,3-4,15,17H2,1-2H3. The molecule has 3 heterocycles. The van der Waals surface area contributed by atoms with Crippen molar-refractivity contribution < 1.29 is 9.47 Å². The fourth-order valence-electron chi connectivity index (χ4n) is 4.44. The Morgan fingerprint density at radius 1 is 0.903 bits per heavy atom. The SMILES string of the molecule is COc1ccc(-c2cnn3c(C4CCCN(c5ccc(OC)cc5)C4)ccnc23)cc1. The van der Waals surface area contributed by atoms with E-state index in [1.807, 2.05) is 41.2 Å². The average molecular weight is 415 g/mol. The molecule has 5 rings (SSSR count). The minimum Gasteiger partial charge on any atom is -0.497 e. The predicted octanol–water partition coefficient (Wildman–Crippen LogP) is 4.80. The molecule has 1 atom stereocenters. The van der Waals surface area contributed by atoms with Crippen LogP contribution in [0.3, 0.4) is 0 Å². The maximum Gasteiger partial charge on any atom is 0.163 e. The Morgan fingerprint density at radius 2 is 1.61 bits per heavy atom. The van der Waals surface area contributed by atoms with Crippen LogP contribution in [0.5, 0.6) is 11.5 Å². The Morgan fingerprint density at radius 3 is 2.32 bits per heavy atom. The molecule has 6 heteroatoms. The first kappa shape index (κ1) is 19.4. The Labute approximate surface area is 182 Å². The highest BCUT2D eigenvalue weighted by Crippen LogP contribution is 2.32. The Balaban J connectivity index is 1.44. The number of fused-ring (bicyclic) bond motifs is 1. The molecule has 158 valence electrons. The molecule has 1 fully saturated rings. The van der Waals surface area contributed by atoms with Gasteiger partial charge in [-0.25, -0.2) is 9.50 Å². The summed E-state index contributed by atoms with van der Waals surface area (Å²) in [6.07, 6.45) is 6.11. The van der Waals surface area contributed by atoms with Crippen LogP contribution in [0.2, 0.25) is 0 Å². The summed E-state index contributed by atoms with van der Waals surface area (Å²) in [5, 5.41) is 4.72. The fourth-order valence-corrected chi connectivity index (χ4v) is 4.44. The second kappa shape index (κ2) is 8.30. The summed E-state index contributed by atoms with van der Waals surface area (Å²) in [5.41, 5.74) is 5.46. The largest absolute Gasteiger partial charge is 0.497 e. The molecule has 0 N–H and O–H groups in total. The molecule has 0 spiro atoms. The van der Waals surface area contributed by atoms with E-state index in [9.17, 15) is 0 Å². The highest BCUT2D eigenvalue weighted by Gasteiger charge is 2.24. The number of nitrogens with zero attached hydrogens (tertiary/aromatic N) is 4. The third-order valence-corrected chi connectivity index (χ3v) is 6.11. The molecule has 2 aromatic heterocycles. The second-order valence-corrected chi connectivity index (χ2v) is 7.88. The van der Waals surface area contributed by atoms with E-state index in [2.05, 4.69) is 40.2 Å². The zero-order valence-electron chi connectivity index (χ0n) is 17.9. The Kier molecular flexibility index (Phi) is 5.20. The van der Waals surface area contributed by atoms with Gasteiger partial charge in [0.1, 0.15) is 11.5 Å². The number of hydrogen-bond acceptors (Lipinski definition) is 5. The van der Waals surface area contributed by atoms with Gasteiger partial charge in [0.05, 0.1) is 26.1 Å². The van der Waals surface area contributed by atoms with Gasteiger partial charge in [0.15, 0.2) is 5.65 Å². The molecular formula is C25H26N4O2. The lowest BCUT2D eigenvalue weighted by Gasteiger charge is -2.34. The smallest absolute Gasteiger partial charge is 0.163 e. The van der Waals surface area contributed by atoms with E-state index in [-0.39, 0.29) is 0 Å². The van der Waals surface area contributed by atoms with Gasteiger partial charge in [0, 0.05) is 36.5 Å². The topological polar surface area (TPSA) is 51.9 Å².